The largest absolute Gasteiger partial charge is 0.481 e. The van der Waals surface area contributed by atoms with Gasteiger partial charge in [0.25, 0.3) is 5.56 Å². The number of carbonyl (C=O) groups is 2. The summed E-state index contributed by atoms with van der Waals surface area (Å²) >= 11 is 0. The zero-order valence-electron chi connectivity index (χ0n) is 19.7. The van der Waals surface area contributed by atoms with Crippen LogP contribution in [0.3, 0.4) is 0 Å². The summed E-state index contributed by atoms with van der Waals surface area (Å²) in [6, 6.07) is 11.4. The van der Waals surface area contributed by atoms with Crippen LogP contribution in [0.5, 0.6) is 0 Å². The second kappa shape index (κ2) is 12.6. The lowest BCUT2D eigenvalue weighted by Crippen LogP contribution is -2.22. The highest BCUT2D eigenvalue weighted by Crippen LogP contribution is 2.22. The van der Waals surface area contributed by atoms with Crippen LogP contribution in [0.25, 0.3) is 10.8 Å². The summed E-state index contributed by atoms with van der Waals surface area (Å²) in [4.78, 5) is 36.1. The third kappa shape index (κ3) is 7.34. The van der Waals surface area contributed by atoms with Gasteiger partial charge in [0.2, 0.25) is 5.91 Å². The zero-order valence-corrected chi connectivity index (χ0v) is 19.7. The van der Waals surface area contributed by atoms with Gasteiger partial charge in [0.15, 0.2) is 0 Å². The van der Waals surface area contributed by atoms with E-state index in [0.717, 1.165) is 25.7 Å². The van der Waals surface area contributed by atoms with Crippen molar-refractivity contribution in [3.63, 3.8) is 0 Å². The van der Waals surface area contributed by atoms with Crippen molar-refractivity contribution in [2.75, 3.05) is 5.32 Å². The number of aromatic nitrogens is 2. The summed E-state index contributed by atoms with van der Waals surface area (Å²) in [7, 11) is 0. The van der Waals surface area contributed by atoms with Gasteiger partial charge in [-0.2, -0.15) is 5.10 Å². The Balaban J connectivity index is 1.67. The van der Waals surface area contributed by atoms with Crippen molar-refractivity contribution in [1.29, 1.82) is 0 Å². The van der Waals surface area contributed by atoms with Crippen molar-refractivity contribution in [1.82, 2.24) is 10.2 Å². The van der Waals surface area contributed by atoms with Gasteiger partial charge in [0.05, 0.1) is 22.7 Å². The van der Waals surface area contributed by atoms with Crippen LogP contribution in [0, 0.1) is 11.7 Å². The Hall–Kier alpha value is -3.81. The number of fused-ring (bicyclic) bond motifs is 1. The van der Waals surface area contributed by atoms with E-state index >= 15 is 0 Å². The average molecular weight is 480 g/mol. The molecule has 0 fully saturated rings. The lowest BCUT2D eigenvalue weighted by molar-refractivity contribution is -0.143. The van der Waals surface area contributed by atoms with E-state index in [-0.39, 0.29) is 24.1 Å². The standard InChI is InChI=1S/C27H30FN3O4/c1-2-3-4-5-6-7-10-19(27(34)35)17-25(32)29-24-16-18(13-14-22(24)28)15-23-20-11-8-9-12-21(20)26(33)31-30-23/h6-9,11-14,16,19H,2-5,10,15,17H2,1H3,(H,29,32)(H,31,33)(H,34,35). The van der Waals surface area contributed by atoms with E-state index in [9.17, 15) is 23.9 Å². The molecule has 7 nitrogen and oxygen atoms in total. The molecule has 0 saturated heterocycles. The first-order valence-electron chi connectivity index (χ1n) is 11.8. The molecule has 0 aliphatic heterocycles. The molecular weight excluding hydrogens is 449 g/mol. The minimum atomic E-state index is -1.07. The van der Waals surface area contributed by atoms with Crippen LogP contribution in [0.2, 0.25) is 0 Å². The fourth-order valence-corrected chi connectivity index (χ4v) is 3.86. The molecular formula is C27H30FN3O4. The third-order valence-electron chi connectivity index (χ3n) is 5.79. The van der Waals surface area contributed by atoms with Crippen molar-refractivity contribution in [3.05, 3.63) is 82.0 Å². The Morgan fingerprint density at radius 2 is 1.91 bits per heavy atom. The van der Waals surface area contributed by atoms with Gasteiger partial charge in [-0.05, 0) is 43.0 Å². The average Bonchev–Trinajstić information content (AvgIpc) is 2.84. The number of carbonyl (C=O) groups excluding carboxylic acids is 1. The molecule has 1 amide bonds. The first-order valence-corrected chi connectivity index (χ1v) is 11.8. The number of rotatable bonds is 12. The Morgan fingerprint density at radius 3 is 2.66 bits per heavy atom. The fraction of sp³-hybridized carbons (Fsp3) is 0.333. The number of H-pyrrole nitrogens is 1. The lowest BCUT2D eigenvalue weighted by Gasteiger charge is -2.12. The monoisotopic (exact) mass is 479 g/mol. The van der Waals surface area contributed by atoms with Crippen LogP contribution in [0.15, 0.2) is 59.4 Å². The van der Waals surface area contributed by atoms with Gasteiger partial charge in [0.1, 0.15) is 5.82 Å². The summed E-state index contributed by atoms with van der Waals surface area (Å²) in [5.41, 5.74) is 0.970. The fourth-order valence-electron chi connectivity index (χ4n) is 3.86. The lowest BCUT2D eigenvalue weighted by atomic mass is 10.00. The van der Waals surface area contributed by atoms with Crippen molar-refractivity contribution < 1.29 is 19.1 Å². The molecule has 1 atom stereocenters. The van der Waals surface area contributed by atoms with Crippen LogP contribution in [-0.2, 0) is 16.0 Å². The second-order valence-electron chi connectivity index (χ2n) is 8.53. The maximum Gasteiger partial charge on any atom is 0.307 e. The van der Waals surface area contributed by atoms with E-state index in [1.807, 2.05) is 12.1 Å². The van der Waals surface area contributed by atoms with E-state index in [4.69, 9.17) is 0 Å². The molecule has 0 spiro atoms. The predicted octanol–water partition coefficient (Wildman–Crippen LogP) is 5.21. The highest BCUT2D eigenvalue weighted by atomic mass is 19.1. The van der Waals surface area contributed by atoms with Crippen LogP contribution in [-0.4, -0.2) is 27.2 Å². The highest BCUT2D eigenvalue weighted by Gasteiger charge is 2.21. The number of aliphatic carboxylic acids is 1. The number of unbranched alkanes of at least 4 members (excludes halogenated alkanes) is 3. The van der Waals surface area contributed by atoms with Gasteiger partial charge in [-0.15, -0.1) is 0 Å². The number of carboxylic acid groups (broad SMARTS) is 1. The minimum Gasteiger partial charge on any atom is -0.481 e. The van der Waals surface area contributed by atoms with Crippen LogP contribution >= 0.6 is 0 Å². The molecule has 8 heteroatoms. The van der Waals surface area contributed by atoms with Gasteiger partial charge < -0.3 is 10.4 Å². The maximum atomic E-state index is 14.4. The Morgan fingerprint density at radius 1 is 1.14 bits per heavy atom. The van der Waals surface area contributed by atoms with Crippen molar-refractivity contribution in [2.45, 2.75) is 51.9 Å². The van der Waals surface area contributed by atoms with E-state index in [1.54, 1.807) is 30.3 Å². The molecule has 2 aromatic carbocycles. The minimum absolute atomic E-state index is 0.0273. The van der Waals surface area contributed by atoms with E-state index in [0.29, 0.717) is 28.5 Å². The number of benzene rings is 2. The SMILES string of the molecule is CCCCCC=CCC(CC(=O)Nc1cc(Cc2n[nH]c(=O)c3ccccc23)ccc1F)C(=O)O. The topological polar surface area (TPSA) is 112 Å². The van der Waals surface area contributed by atoms with Crippen LogP contribution in [0.4, 0.5) is 10.1 Å². The molecule has 1 aromatic heterocycles. The predicted molar refractivity (Wildman–Crippen MR) is 134 cm³/mol. The first-order chi connectivity index (χ1) is 16.9. The Bertz CT molecular complexity index is 1270. The van der Waals surface area contributed by atoms with Crippen molar-refractivity contribution >= 4 is 28.3 Å². The molecule has 0 bridgehead atoms. The number of nitrogens with zero attached hydrogens (tertiary/aromatic N) is 1. The molecule has 3 rings (SSSR count). The summed E-state index contributed by atoms with van der Waals surface area (Å²) in [5, 5.41) is 19.8. The zero-order chi connectivity index (χ0) is 25.2. The van der Waals surface area contributed by atoms with E-state index in [1.165, 1.54) is 12.1 Å². The summed E-state index contributed by atoms with van der Waals surface area (Å²) < 4.78 is 14.4. The molecule has 0 aliphatic rings. The van der Waals surface area contributed by atoms with Gasteiger partial charge in [0, 0.05) is 18.2 Å². The first kappa shape index (κ1) is 25.8. The summed E-state index contributed by atoms with van der Waals surface area (Å²) in [6.45, 7) is 2.11. The van der Waals surface area contributed by atoms with Gasteiger partial charge in [-0.3, -0.25) is 14.4 Å². The third-order valence-corrected chi connectivity index (χ3v) is 5.79. The highest BCUT2D eigenvalue weighted by molar-refractivity contribution is 5.93. The summed E-state index contributed by atoms with van der Waals surface area (Å²) in [6.07, 6.45) is 8.18. The normalized spacial score (nSPS) is 12.2. The number of amides is 1. The Labute approximate surface area is 203 Å². The number of nitrogens with one attached hydrogen (secondary N) is 2. The molecule has 35 heavy (non-hydrogen) atoms. The van der Waals surface area contributed by atoms with Gasteiger partial charge >= 0.3 is 5.97 Å². The maximum absolute atomic E-state index is 14.4. The molecule has 3 N–H and O–H groups in total. The Kier molecular flexibility index (Phi) is 9.29. The van der Waals surface area contributed by atoms with Crippen molar-refractivity contribution in [2.24, 2.45) is 5.92 Å². The quantitative estimate of drug-likeness (QED) is 0.244. The molecule has 1 unspecified atom stereocenters. The molecule has 0 saturated carbocycles. The second-order valence-corrected chi connectivity index (χ2v) is 8.53. The summed E-state index contributed by atoms with van der Waals surface area (Å²) in [5.74, 6) is -3.14. The molecule has 1 heterocycles. The number of halogens is 1. The smallest absolute Gasteiger partial charge is 0.307 e. The number of carboxylic acids is 1. The van der Waals surface area contributed by atoms with E-state index in [2.05, 4.69) is 22.4 Å². The number of anilines is 1. The van der Waals surface area contributed by atoms with Gasteiger partial charge in [-0.1, -0.05) is 56.2 Å². The number of hydrogen-bond donors (Lipinski definition) is 3. The molecule has 0 radical (unpaired) electrons. The molecule has 3 aromatic rings. The molecule has 0 aliphatic carbocycles. The van der Waals surface area contributed by atoms with Crippen LogP contribution in [0.1, 0.15) is 56.7 Å². The number of allylic oxidation sites excluding steroid dienone is 2. The van der Waals surface area contributed by atoms with Crippen LogP contribution < -0.4 is 10.9 Å². The van der Waals surface area contributed by atoms with Crippen molar-refractivity contribution in [3.8, 4) is 0 Å². The van der Waals surface area contributed by atoms with E-state index < -0.39 is 23.6 Å². The molecule has 184 valence electrons. The number of hydrogen-bond acceptors (Lipinski definition) is 4. The number of aromatic amines is 1. The van der Waals surface area contributed by atoms with Gasteiger partial charge in [-0.25, -0.2) is 9.49 Å².